The van der Waals surface area contributed by atoms with Gasteiger partial charge in [-0.25, -0.2) is 0 Å². The van der Waals surface area contributed by atoms with Gasteiger partial charge in [0.05, 0.1) is 6.10 Å². The maximum Gasteiger partial charge on any atom is 0.0583 e. The van der Waals surface area contributed by atoms with Crippen LogP contribution in [0.2, 0.25) is 5.02 Å². The van der Waals surface area contributed by atoms with Crippen LogP contribution in [0.25, 0.3) is 0 Å². The van der Waals surface area contributed by atoms with Gasteiger partial charge in [-0.2, -0.15) is 0 Å². The molecule has 2 fully saturated rings. The topological polar surface area (TPSA) is 23.5 Å². The quantitative estimate of drug-likeness (QED) is 0.837. The summed E-state index contributed by atoms with van der Waals surface area (Å²) in [5.74, 6) is 0.454. The molecule has 0 aromatic heterocycles. The van der Waals surface area contributed by atoms with E-state index in [4.69, 9.17) is 11.6 Å². The van der Waals surface area contributed by atoms with E-state index < -0.39 is 0 Å². The molecule has 1 aliphatic heterocycles. The summed E-state index contributed by atoms with van der Waals surface area (Å²) in [6.45, 7) is 2.03. The molecule has 21 heavy (non-hydrogen) atoms. The molecule has 1 saturated heterocycles. The third kappa shape index (κ3) is 3.64. The lowest BCUT2D eigenvalue weighted by Crippen LogP contribution is -2.42. The molecule has 116 valence electrons. The van der Waals surface area contributed by atoms with E-state index >= 15 is 0 Å². The lowest BCUT2D eigenvalue weighted by Gasteiger charge is -2.37. The smallest absolute Gasteiger partial charge is 0.0583 e. The van der Waals surface area contributed by atoms with Crippen molar-refractivity contribution in [2.24, 2.45) is 5.92 Å². The van der Waals surface area contributed by atoms with Crippen LogP contribution in [0.4, 0.5) is 0 Å². The minimum atomic E-state index is -0.107. The molecule has 3 unspecified atom stereocenters. The molecule has 1 aromatic rings. The highest BCUT2D eigenvalue weighted by molar-refractivity contribution is 9.10. The largest absolute Gasteiger partial charge is 0.393 e. The molecule has 0 amide bonds. The predicted octanol–water partition coefficient (Wildman–Crippen LogP) is 4.62. The third-order valence-electron chi connectivity index (χ3n) is 5.08. The van der Waals surface area contributed by atoms with Crippen molar-refractivity contribution >= 4 is 27.5 Å². The summed E-state index contributed by atoms with van der Waals surface area (Å²) in [5, 5.41) is 11.2. The first-order chi connectivity index (χ1) is 10.1. The Hall–Kier alpha value is -0.0900. The second-order valence-corrected chi connectivity index (χ2v) is 7.75. The van der Waals surface area contributed by atoms with E-state index in [-0.39, 0.29) is 6.10 Å². The van der Waals surface area contributed by atoms with Gasteiger partial charge in [-0.1, -0.05) is 46.4 Å². The molecule has 3 rings (SSSR count). The summed E-state index contributed by atoms with van der Waals surface area (Å²) in [7, 11) is 0. The van der Waals surface area contributed by atoms with E-state index in [1.54, 1.807) is 0 Å². The van der Waals surface area contributed by atoms with E-state index in [1.165, 1.54) is 37.7 Å². The Balaban J connectivity index is 1.71. The fourth-order valence-electron chi connectivity index (χ4n) is 3.99. The van der Waals surface area contributed by atoms with Gasteiger partial charge >= 0.3 is 0 Å². The average Bonchev–Trinajstić information content (AvgIpc) is 2.90. The van der Waals surface area contributed by atoms with E-state index in [9.17, 15) is 5.11 Å². The van der Waals surface area contributed by atoms with Gasteiger partial charge in [-0.05, 0) is 49.9 Å². The number of aliphatic hydroxyl groups is 1. The zero-order valence-corrected chi connectivity index (χ0v) is 14.6. The molecule has 0 radical (unpaired) electrons. The molecule has 2 aliphatic rings. The fourth-order valence-corrected chi connectivity index (χ4v) is 4.72. The summed E-state index contributed by atoms with van der Waals surface area (Å²) < 4.78 is 1.02. The van der Waals surface area contributed by atoms with Gasteiger partial charge in [0.2, 0.25) is 0 Å². The fraction of sp³-hybridized carbons (Fsp3) is 0.647. The highest BCUT2D eigenvalue weighted by Crippen LogP contribution is 2.36. The lowest BCUT2D eigenvalue weighted by molar-refractivity contribution is 0.0202. The van der Waals surface area contributed by atoms with Crippen LogP contribution in [-0.4, -0.2) is 28.7 Å². The van der Waals surface area contributed by atoms with Crippen LogP contribution < -0.4 is 0 Å². The molecule has 3 atom stereocenters. The molecule has 0 spiro atoms. The average molecular weight is 373 g/mol. The number of rotatable bonds is 3. The predicted molar refractivity (Wildman–Crippen MR) is 90.5 cm³/mol. The number of likely N-dealkylation sites (tertiary alicyclic amines) is 1. The van der Waals surface area contributed by atoms with Crippen molar-refractivity contribution in [3.05, 3.63) is 33.3 Å². The van der Waals surface area contributed by atoms with Gasteiger partial charge in [0.25, 0.3) is 0 Å². The van der Waals surface area contributed by atoms with Gasteiger partial charge in [0.1, 0.15) is 0 Å². The van der Waals surface area contributed by atoms with Gasteiger partial charge in [0, 0.05) is 28.0 Å². The highest BCUT2D eigenvalue weighted by Gasteiger charge is 2.36. The highest BCUT2D eigenvalue weighted by atomic mass is 79.9. The second-order valence-electron chi connectivity index (χ2n) is 6.43. The Labute approximate surface area is 140 Å². The van der Waals surface area contributed by atoms with Crippen molar-refractivity contribution in [1.29, 1.82) is 0 Å². The number of aliphatic hydroxyl groups excluding tert-OH is 1. The van der Waals surface area contributed by atoms with Gasteiger partial charge in [0.15, 0.2) is 0 Å². The van der Waals surface area contributed by atoms with Crippen LogP contribution in [0.3, 0.4) is 0 Å². The summed E-state index contributed by atoms with van der Waals surface area (Å²) in [4.78, 5) is 2.54. The first kappa shape index (κ1) is 15.8. The molecule has 4 heteroatoms. The first-order valence-corrected chi connectivity index (χ1v) is 9.18. The monoisotopic (exact) mass is 371 g/mol. The zero-order valence-electron chi connectivity index (χ0n) is 12.3. The Morgan fingerprint density at radius 3 is 2.76 bits per heavy atom. The van der Waals surface area contributed by atoms with Crippen molar-refractivity contribution in [1.82, 2.24) is 4.90 Å². The molecule has 1 heterocycles. The van der Waals surface area contributed by atoms with Crippen LogP contribution in [0.1, 0.15) is 44.1 Å². The van der Waals surface area contributed by atoms with Crippen molar-refractivity contribution in [2.45, 2.75) is 57.2 Å². The van der Waals surface area contributed by atoms with Crippen molar-refractivity contribution in [2.75, 3.05) is 6.54 Å². The number of benzene rings is 1. The Kier molecular flexibility index (Phi) is 5.26. The van der Waals surface area contributed by atoms with Gasteiger partial charge in [-0.15, -0.1) is 0 Å². The summed E-state index contributed by atoms with van der Waals surface area (Å²) in [6.07, 6.45) is 6.96. The zero-order chi connectivity index (χ0) is 14.8. The second kappa shape index (κ2) is 6.99. The van der Waals surface area contributed by atoms with E-state index in [2.05, 4.69) is 33.0 Å². The van der Waals surface area contributed by atoms with Crippen LogP contribution >= 0.6 is 27.5 Å². The summed E-state index contributed by atoms with van der Waals surface area (Å²) in [6, 6.07) is 6.66. The molecular weight excluding hydrogens is 350 g/mol. The van der Waals surface area contributed by atoms with Crippen LogP contribution in [-0.2, 0) is 6.54 Å². The van der Waals surface area contributed by atoms with Crippen molar-refractivity contribution in [3.8, 4) is 0 Å². The number of hydrogen-bond acceptors (Lipinski definition) is 2. The summed E-state index contributed by atoms with van der Waals surface area (Å²) in [5.41, 5.74) is 1.19. The Bertz CT molecular complexity index is 496. The van der Waals surface area contributed by atoms with E-state index in [0.717, 1.165) is 29.0 Å². The van der Waals surface area contributed by atoms with E-state index in [0.29, 0.717) is 12.0 Å². The molecular formula is C17H23BrClNO. The van der Waals surface area contributed by atoms with Crippen LogP contribution in [0.5, 0.6) is 0 Å². The maximum absolute atomic E-state index is 10.3. The SMILES string of the molecule is OC1CCCCC1C1CCCN1Cc1ccc(Br)cc1Cl. The molecule has 1 aliphatic carbocycles. The molecule has 0 bridgehead atoms. The Morgan fingerprint density at radius 1 is 1.19 bits per heavy atom. The van der Waals surface area contributed by atoms with Gasteiger partial charge in [-0.3, -0.25) is 4.90 Å². The summed E-state index contributed by atoms with van der Waals surface area (Å²) >= 11 is 9.82. The third-order valence-corrected chi connectivity index (χ3v) is 5.92. The molecule has 1 saturated carbocycles. The normalized spacial score (nSPS) is 30.7. The standard InChI is InChI=1S/C17H23BrClNO/c18-13-8-7-12(15(19)10-13)11-20-9-3-5-16(20)14-4-1-2-6-17(14)21/h7-8,10,14,16-17,21H,1-6,9,11H2. The maximum atomic E-state index is 10.3. The Morgan fingerprint density at radius 2 is 2.00 bits per heavy atom. The van der Waals surface area contributed by atoms with Crippen LogP contribution in [0.15, 0.2) is 22.7 Å². The van der Waals surface area contributed by atoms with Gasteiger partial charge < -0.3 is 5.11 Å². The molecule has 1 N–H and O–H groups in total. The number of hydrogen-bond donors (Lipinski definition) is 1. The number of nitrogens with zero attached hydrogens (tertiary/aromatic N) is 1. The lowest BCUT2D eigenvalue weighted by atomic mass is 9.80. The number of halogens is 2. The first-order valence-electron chi connectivity index (χ1n) is 8.01. The van der Waals surface area contributed by atoms with Crippen molar-refractivity contribution < 1.29 is 5.11 Å². The minimum Gasteiger partial charge on any atom is -0.393 e. The minimum absolute atomic E-state index is 0.107. The van der Waals surface area contributed by atoms with Crippen LogP contribution in [0, 0.1) is 5.92 Å². The van der Waals surface area contributed by atoms with E-state index in [1.807, 2.05) is 6.07 Å². The van der Waals surface area contributed by atoms with Crippen molar-refractivity contribution in [3.63, 3.8) is 0 Å². The molecule has 2 nitrogen and oxygen atoms in total. The molecule has 1 aromatic carbocycles.